The second kappa shape index (κ2) is 4.98. The SMILES string of the molecule is Cc1ccn(C)c1C(=O)N(C)C1CS(=O)(=O)c2ccccc21. The number of carbonyl (C=O) groups is 1. The number of hydrogen-bond acceptors (Lipinski definition) is 3. The highest BCUT2D eigenvalue weighted by atomic mass is 32.2. The third kappa shape index (κ3) is 2.14. The fourth-order valence-corrected chi connectivity index (χ4v) is 4.88. The summed E-state index contributed by atoms with van der Waals surface area (Å²) in [6.07, 6.45) is 1.83. The number of carbonyl (C=O) groups excluding carboxylic acids is 1. The number of fused-ring (bicyclic) bond motifs is 1. The first-order valence-corrected chi connectivity index (χ1v) is 8.69. The lowest BCUT2D eigenvalue weighted by molar-refractivity contribution is 0.0735. The second-order valence-corrected chi connectivity index (χ2v) is 7.71. The predicted molar refractivity (Wildman–Crippen MR) is 83.5 cm³/mol. The maximum absolute atomic E-state index is 12.8. The molecular formula is C16H18N2O3S. The van der Waals surface area contributed by atoms with E-state index in [4.69, 9.17) is 0 Å². The van der Waals surface area contributed by atoms with Crippen molar-refractivity contribution in [1.29, 1.82) is 0 Å². The third-order valence-corrected chi connectivity index (χ3v) is 6.05. The molecule has 2 heterocycles. The molecule has 1 aliphatic rings. The van der Waals surface area contributed by atoms with E-state index in [-0.39, 0.29) is 11.7 Å². The molecule has 0 saturated heterocycles. The van der Waals surface area contributed by atoms with Crippen molar-refractivity contribution in [2.45, 2.75) is 17.9 Å². The molecule has 1 aliphatic heterocycles. The van der Waals surface area contributed by atoms with Crippen LogP contribution in [0.15, 0.2) is 41.4 Å². The highest BCUT2D eigenvalue weighted by molar-refractivity contribution is 7.91. The van der Waals surface area contributed by atoms with Crippen LogP contribution < -0.4 is 0 Å². The van der Waals surface area contributed by atoms with Gasteiger partial charge < -0.3 is 9.47 Å². The number of aromatic nitrogens is 1. The van der Waals surface area contributed by atoms with Gasteiger partial charge in [0.15, 0.2) is 9.84 Å². The van der Waals surface area contributed by atoms with E-state index in [2.05, 4.69) is 0 Å². The average Bonchev–Trinajstić information content (AvgIpc) is 2.95. The van der Waals surface area contributed by atoms with E-state index in [9.17, 15) is 13.2 Å². The molecule has 0 radical (unpaired) electrons. The lowest BCUT2D eigenvalue weighted by Crippen LogP contribution is -2.33. The summed E-state index contributed by atoms with van der Waals surface area (Å²) in [7, 11) is 0.154. The summed E-state index contributed by atoms with van der Waals surface area (Å²) >= 11 is 0. The molecule has 5 nitrogen and oxygen atoms in total. The molecule has 1 unspecified atom stereocenters. The Labute approximate surface area is 130 Å². The van der Waals surface area contributed by atoms with Crippen LogP contribution in [-0.4, -0.2) is 36.6 Å². The van der Waals surface area contributed by atoms with E-state index in [0.717, 1.165) is 5.56 Å². The second-order valence-electron chi connectivity index (χ2n) is 5.71. The molecule has 6 heteroatoms. The zero-order valence-electron chi connectivity index (χ0n) is 12.8. The number of benzene rings is 1. The first-order valence-electron chi connectivity index (χ1n) is 7.03. The van der Waals surface area contributed by atoms with E-state index in [1.54, 1.807) is 35.9 Å². The molecule has 0 saturated carbocycles. The first kappa shape index (κ1) is 14.8. The lowest BCUT2D eigenvalue weighted by Gasteiger charge is -2.25. The van der Waals surface area contributed by atoms with E-state index in [0.29, 0.717) is 16.2 Å². The number of amides is 1. The molecule has 0 N–H and O–H groups in total. The number of nitrogens with zero attached hydrogens (tertiary/aromatic N) is 2. The van der Waals surface area contributed by atoms with Crippen LogP contribution in [0.5, 0.6) is 0 Å². The van der Waals surface area contributed by atoms with Crippen LogP contribution in [0.2, 0.25) is 0 Å². The monoisotopic (exact) mass is 318 g/mol. The van der Waals surface area contributed by atoms with Gasteiger partial charge >= 0.3 is 0 Å². The molecule has 3 rings (SSSR count). The van der Waals surface area contributed by atoms with Gasteiger partial charge in [-0.2, -0.15) is 0 Å². The lowest BCUT2D eigenvalue weighted by atomic mass is 10.1. The Morgan fingerprint density at radius 1 is 1.27 bits per heavy atom. The van der Waals surface area contributed by atoms with E-state index in [1.807, 2.05) is 26.2 Å². The molecule has 0 fully saturated rings. The van der Waals surface area contributed by atoms with Crippen molar-refractivity contribution >= 4 is 15.7 Å². The highest BCUT2D eigenvalue weighted by Crippen LogP contribution is 2.37. The zero-order chi connectivity index (χ0) is 16.1. The Morgan fingerprint density at radius 3 is 2.59 bits per heavy atom. The highest BCUT2D eigenvalue weighted by Gasteiger charge is 2.38. The van der Waals surface area contributed by atoms with Gasteiger partial charge in [-0.1, -0.05) is 18.2 Å². The topological polar surface area (TPSA) is 59.4 Å². The largest absolute Gasteiger partial charge is 0.346 e. The molecule has 0 bridgehead atoms. The van der Waals surface area contributed by atoms with Crippen LogP contribution in [0.1, 0.15) is 27.7 Å². The van der Waals surface area contributed by atoms with Crippen molar-refractivity contribution in [2.75, 3.05) is 12.8 Å². The first-order chi connectivity index (χ1) is 10.3. The van der Waals surface area contributed by atoms with Crippen molar-refractivity contribution < 1.29 is 13.2 Å². The molecule has 22 heavy (non-hydrogen) atoms. The number of rotatable bonds is 2. The smallest absolute Gasteiger partial charge is 0.271 e. The van der Waals surface area contributed by atoms with E-state index in [1.165, 1.54) is 4.90 Å². The molecule has 0 aliphatic carbocycles. The van der Waals surface area contributed by atoms with Crippen molar-refractivity contribution in [3.63, 3.8) is 0 Å². The summed E-state index contributed by atoms with van der Waals surface area (Å²) < 4.78 is 26.3. The summed E-state index contributed by atoms with van der Waals surface area (Å²) in [6, 6.07) is 8.34. The third-order valence-electron chi connectivity index (χ3n) is 4.26. The molecule has 1 aromatic carbocycles. The number of hydrogen-bond donors (Lipinski definition) is 0. The normalized spacial score (nSPS) is 19.0. The van der Waals surface area contributed by atoms with Crippen LogP contribution in [0, 0.1) is 6.92 Å². The molecule has 1 aromatic heterocycles. The molecule has 0 spiro atoms. The molecule has 1 atom stereocenters. The minimum absolute atomic E-state index is 0.0575. The maximum atomic E-state index is 12.8. The summed E-state index contributed by atoms with van der Waals surface area (Å²) in [4.78, 5) is 14.6. The van der Waals surface area contributed by atoms with Crippen LogP contribution in [0.3, 0.4) is 0 Å². The number of sulfone groups is 1. The Bertz CT molecular complexity index is 833. The number of aryl methyl sites for hydroxylation is 2. The molecule has 1 amide bonds. The summed E-state index contributed by atoms with van der Waals surface area (Å²) in [5.41, 5.74) is 2.17. The van der Waals surface area contributed by atoms with Crippen molar-refractivity contribution in [3.05, 3.63) is 53.3 Å². The minimum atomic E-state index is -3.32. The fraction of sp³-hybridized carbons (Fsp3) is 0.312. The Kier molecular flexibility index (Phi) is 3.36. The van der Waals surface area contributed by atoms with E-state index < -0.39 is 15.9 Å². The van der Waals surface area contributed by atoms with Gasteiger partial charge in [0.05, 0.1) is 16.7 Å². The van der Waals surface area contributed by atoms with Crippen LogP contribution >= 0.6 is 0 Å². The molecule has 116 valence electrons. The van der Waals surface area contributed by atoms with E-state index >= 15 is 0 Å². The average molecular weight is 318 g/mol. The Hall–Kier alpha value is -2.08. The quantitative estimate of drug-likeness (QED) is 0.850. The van der Waals surface area contributed by atoms with Crippen molar-refractivity contribution in [2.24, 2.45) is 7.05 Å². The maximum Gasteiger partial charge on any atom is 0.271 e. The zero-order valence-corrected chi connectivity index (χ0v) is 13.6. The van der Waals surface area contributed by atoms with Gasteiger partial charge in [0.1, 0.15) is 5.69 Å². The summed E-state index contributed by atoms with van der Waals surface area (Å²) in [6.45, 7) is 1.88. The van der Waals surface area contributed by atoms with Crippen LogP contribution in [-0.2, 0) is 16.9 Å². The Morgan fingerprint density at radius 2 is 1.95 bits per heavy atom. The fourth-order valence-electron chi connectivity index (χ4n) is 3.03. The molecule has 2 aromatic rings. The Balaban J connectivity index is 2.01. The van der Waals surface area contributed by atoms with Gasteiger partial charge in [-0.05, 0) is 30.2 Å². The van der Waals surface area contributed by atoms with Gasteiger partial charge in [0.2, 0.25) is 0 Å². The standard InChI is InChI=1S/C16H18N2O3S/c1-11-8-9-17(2)15(11)16(19)18(3)13-10-22(20,21)14-7-5-4-6-12(13)14/h4-9,13H,10H2,1-3H3. The van der Waals surface area contributed by atoms with Crippen LogP contribution in [0.4, 0.5) is 0 Å². The van der Waals surface area contributed by atoms with Crippen LogP contribution in [0.25, 0.3) is 0 Å². The minimum Gasteiger partial charge on any atom is -0.346 e. The summed E-state index contributed by atoms with van der Waals surface area (Å²) in [5, 5.41) is 0. The summed E-state index contributed by atoms with van der Waals surface area (Å²) in [5.74, 6) is -0.222. The van der Waals surface area contributed by atoms with Crippen molar-refractivity contribution in [1.82, 2.24) is 9.47 Å². The van der Waals surface area contributed by atoms with Gasteiger partial charge in [-0.15, -0.1) is 0 Å². The van der Waals surface area contributed by atoms with Gasteiger partial charge in [0, 0.05) is 20.3 Å². The van der Waals surface area contributed by atoms with Gasteiger partial charge in [-0.3, -0.25) is 4.79 Å². The van der Waals surface area contributed by atoms with Gasteiger partial charge in [-0.25, -0.2) is 8.42 Å². The van der Waals surface area contributed by atoms with Crippen molar-refractivity contribution in [3.8, 4) is 0 Å². The molecular weight excluding hydrogens is 300 g/mol. The van der Waals surface area contributed by atoms with Gasteiger partial charge in [0.25, 0.3) is 5.91 Å². The predicted octanol–water partition coefficient (Wildman–Crippen LogP) is 1.93.